The lowest BCUT2D eigenvalue weighted by atomic mass is 10.2. The van der Waals surface area contributed by atoms with E-state index in [9.17, 15) is 4.79 Å². The number of aromatic nitrogens is 2. The Hall–Kier alpha value is -1.36. The summed E-state index contributed by atoms with van der Waals surface area (Å²) in [6.07, 6.45) is 0. The maximum absolute atomic E-state index is 11.7. The van der Waals surface area contributed by atoms with Crippen LogP contribution in [0.2, 0.25) is 0 Å². The molecule has 17 heavy (non-hydrogen) atoms. The minimum Gasteiger partial charge on any atom is -0.353 e. The molecule has 0 bridgehead atoms. The van der Waals surface area contributed by atoms with E-state index in [4.69, 9.17) is 0 Å². The van der Waals surface area contributed by atoms with Crippen molar-refractivity contribution in [2.24, 2.45) is 5.92 Å². The van der Waals surface area contributed by atoms with Gasteiger partial charge in [-0.1, -0.05) is 13.8 Å². The third kappa shape index (κ3) is 3.06. The average Bonchev–Trinajstić information content (AvgIpc) is 2.32. The van der Waals surface area contributed by atoms with Crippen LogP contribution in [-0.2, 0) is 6.54 Å². The van der Waals surface area contributed by atoms with Crippen molar-refractivity contribution in [3.8, 4) is 0 Å². The molecular weight excluding hydrogens is 216 g/mol. The predicted molar refractivity (Wildman–Crippen MR) is 68.4 cm³/mol. The van der Waals surface area contributed by atoms with Crippen molar-refractivity contribution in [2.45, 2.75) is 20.4 Å². The summed E-state index contributed by atoms with van der Waals surface area (Å²) < 4.78 is 1.57. The summed E-state index contributed by atoms with van der Waals surface area (Å²) in [7, 11) is 0. The third-order valence-corrected chi connectivity index (χ3v) is 2.83. The molecule has 2 rings (SSSR count). The second kappa shape index (κ2) is 5.31. The second-order valence-corrected chi connectivity index (χ2v) is 4.84. The molecule has 0 unspecified atom stereocenters. The van der Waals surface area contributed by atoms with Crippen molar-refractivity contribution in [3.63, 3.8) is 0 Å². The van der Waals surface area contributed by atoms with Gasteiger partial charge in [-0.3, -0.25) is 4.79 Å². The van der Waals surface area contributed by atoms with Gasteiger partial charge in [0, 0.05) is 38.8 Å². The molecule has 1 aromatic heterocycles. The molecule has 5 heteroatoms. The third-order valence-electron chi connectivity index (χ3n) is 2.83. The first kappa shape index (κ1) is 12.1. The van der Waals surface area contributed by atoms with Gasteiger partial charge in [-0.05, 0) is 12.0 Å². The number of nitrogens with one attached hydrogen (secondary N) is 1. The summed E-state index contributed by atoms with van der Waals surface area (Å²) in [5.74, 6) is 1.34. The Bertz CT molecular complexity index is 421. The molecule has 1 N–H and O–H groups in total. The second-order valence-electron chi connectivity index (χ2n) is 4.84. The van der Waals surface area contributed by atoms with Gasteiger partial charge in [0.1, 0.15) is 5.82 Å². The Morgan fingerprint density at radius 1 is 1.35 bits per heavy atom. The van der Waals surface area contributed by atoms with Gasteiger partial charge in [-0.15, -0.1) is 0 Å². The van der Waals surface area contributed by atoms with Crippen LogP contribution in [0, 0.1) is 5.92 Å². The summed E-state index contributed by atoms with van der Waals surface area (Å²) in [6.45, 7) is 8.71. The molecule has 0 aliphatic carbocycles. The molecule has 0 radical (unpaired) electrons. The quantitative estimate of drug-likeness (QED) is 0.820. The van der Waals surface area contributed by atoms with Crippen LogP contribution in [0.5, 0.6) is 0 Å². The smallest absolute Gasteiger partial charge is 0.266 e. The highest BCUT2D eigenvalue weighted by atomic mass is 16.1. The summed E-state index contributed by atoms with van der Waals surface area (Å²) in [6, 6.07) is 3.44. The number of anilines is 1. The summed E-state index contributed by atoms with van der Waals surface area (Å²) in [4.78, 5) is 13.9. The standard InChI is InChI=1S/C12H20N4O/c1-10(2)9-16-12(17)4-3-11(14-16)15-7-5-13-6-8-15/h3-4,10,13H,5-9H2,1-2H3. The number of hydrogen-bond donors (Lipinski definition) is 1. The van der Waals surface area contributed by atoms with E-state index in [-0.39, 0.29) is 5.56 Å². The lowest BCUT2D eigenvalue weighted by Gasteiger charge is -2.28. The van der Waals surface area contributed by atoms with Gasteiger partial charge in [-0.2, -0.15) is 5.10 Å². The van der Waals surface area contributed by atoms with Crippen LogP contribution in [0.25, 0.3) is 0 Å². The molecule has 0 spiro atoms. The molecule has 1 saturated heterocycles. The van der Waals surface area contributed by atoms with E-state index in [1.165, 1.54) is 0 Å². The van der Waals surface area contributed by atoms with Gasteiger partial charge >= 0.3 is 0 Å². The average molecular weight is 236 g/mol. The zero-order valence-corrected chi connectivity index (χ0v) is 10.5. The number of hydrogen-bond acceptors (Lipinski definition) is 4. The van der Waals surface area contributed by atoms with Crippen molar-refractivity contribution < 1.29 is 0 Å². The minimum absolute atomic E-state index is 0.0161. The molecule has 1 fully saturated rings. The molecule has 0 amide bonds. The fourth-order valence-electron chi connectivity index (χ4n) is 1.98. The predicted octanol–water partition coefficient (Wildman–Crippen LogP) is 0.309. The number of nitrogens with zero attached hydrogens (tertiary/aromatic N) is 3. The van der Waals surface area contributed by atoms with E-state index in [0.29, 0.717) is 12.5 Å². The van der Waals surface area contributed by atoms with E-state index in [2.05, 4.69) is 29.2 Å². The number of piperazine rings is 1. The Balaban J connectivity index is 2.20. The molecule has 0 saturated carbocycles. The van der Waals surface area contributed by atoms with Gasteiger partial charge in [0.2, 0.25) is 0 Å². The normalized spacial score (nSPS) is 16.5. The molecule has 0 aromatic carbocycles. The van der Waals surface area contributed by atoms with E-state index in [0.717, 1.165) is 32.0 Å². The lowest BCUT2D eigenvalue weighted by molar-refractivity contribution is 0.460. The van der Waals surface area contributed by atoms with E-state index in [1.807, 2.05) is 6.07 Å². The largest absolute Gasteiger partial charge is 0.353 e. The summed E-state index contributed by atoms with van der Waals surface area (Å²) in [5.41, 5.74) is -0.0161. The maximum atomic E-state index is 11.7. The van der Waals surface area contributed by atoms with Crippen molar-refractivity contribution in [1.29, 1.82) is 0 Å². The van der Waals surface area contributed by atoms with Gasteiger partial charge in [0.05, 0.1) is 0 Å². The Morgan fingerprint density at radius 3 is 2.71 bits per heavy atom. The van der Waals surface area contributed by atoms with Crippen molar-refractivity contribution in [2.75, 3.05) is 31.1 Å². The highest BCUT2D eigenvalue weighted by Gasteiger charge is 2.12. The van der Waals surface area contributed by atoms with Crippen molar-refractivity contribution >= 4 is 5.82 Å². The van der Waals surface area contributed by atoms with Crippen LogP contribution in [0.15, 0.2) is 16.9 Å². The molecule has 5 nitrogen and oxygen atoms in total. The van der Waals surface area contributed by atoms with Crippen molar-refractivity contribution in [1.82, 2.24) is 15.1 Å². The van der Waals surface area contributed by atoms with Crippen LogP contribution in [-0.4, -0.2) is 36.0 Å². The highest BCUT2D eigenvalue weighted by molar-refractivity contribution is 5.37. The highest BCUT2D eigenvalue weighted by Crippen LogP contribution is 2.08. The molecule has 1 aromatic rings. The Kier molecular flexibility index (Phi) is 3.78. The monoisotopic (exact) mass is 236 g/mol. The fraction of sp³-hybridized carbons (Fsp3) is 0.667. The van der Waals surface area contributed by atoms with Crippen LogP contribution < -0.4 is 15.8 Å². The molecule has 1 aliphatic rings. The topological polar surface area (TPSA) is 50.2 Å². The SMILES string of the molecule is CC(C)Cn1nc(N2CCNCC2)ccc1=O. The van der Waals surface area contributed by atoms with E-state index in [1.54, 1.807) is 10.7 Å². The van der Waals surface area contributed by atoms with Crippen LogP contribution in [0.4, 0.5) is 5.82 Å². The summed E-state index contributed by atoms with van der Waals surface area (Å²) in [5, 5.41) is 7.74. The van der Waals surface area contributed by atoms with E-state index >= 15 is 0 Å². The van der Waals surface area contributed by atoms with Gasteiger partial charge < -0.3 is 10.2 Å². The molecule has 2 heterocycles. The first-order valence-electron chi connectivity index (χ1n) is 6.20. The van der Waals surface area contributed by atoms with Gasteiger partial charge in [-0.25, -0.2) is 4.68 Å². The Labute approximate surface area is 101 Å². The van der Waals surface area contributed by atoms with Gasteiger partial charge in [0.25, 0.3) is 5.56 Å². The first-order chi connectivity index (χ1) is 8.16. The minimum atomic E-state index is -0.0161. The zero-order chi connectivity index (χ0) is 12.3. The summed E-state index contributed by atoms with van der Waals surface area (Å²) >= 11 is 0. The fourth-order valence-corrected chi connectivity index (χ4v) is 1.98. The molecule has 0 atom stereocenters. The van der Waals surface area contributed by atoms with E-state index < -0.39 is 0 Å². The van der Waals surface area contributed by atoms with Crippen LogP contribution in [0.1, 0.15) is 13.8 Å². The Morgan fingerprint density at radius 2 is 2.06 bits per heavy atom. The van der Waals surface area contributed by atoms with Crippen LogP contribution in [0.3, 0.4) is 0 Å². The zero-order valence-electron chi connectivity index (χ0n) is 10.5. The number of rotatable bonds is 3. The van der Waals surface area contributed by atoms with Crippen LogP contribution >= 0.6 is 0 Å². The van der Waals surface area contributed by atoms with Gasteiger partial charge in [0.15, 0.2) is 0 Å². The maximum Gasteiger partial charge on any atom is 0.266 e. The molecule has 94 valence electrons. The molecular formula is C12H20N4O. The molecule has 1 aliphatic heterocycles. The lowest BCUT2D eigenvalue weighted by Crippen LogP contribution is -2.44. The van der Waals surface area contributed by atoms with Crippen molar-refractivity contribution in [3.05, 3.63) is 22.5 Å². The first-order valence-corrected chi connectivity index (χ1v) is 6.20.